The first-order chi connectivity index (χ1) is 11.6. The third kappa shape index (κ3) is 2.65. The number of halogens is 1. The number of carbonyl (C=O) groups is 1. The lowest BCUT2D eigenvalue weighted by molar-refractivity contribution is -0.116. The third-order valence-corrected chi connectivity index (χ3v) is 4.82. The van der Waals surface area contributed by atoms with Crippen molar-refractivity contribution in [2.75, 3.05) is 10.6 Å². The maximum atomic E-state index is 12.9. The van der Waals surface area contributed by atoms with E-state index in [0.29, 0.717) is 0 Å². The van der Waals surface area contributed by atoms with Crippen LogP contribution in [0.3, 0.4) is 0 Å². The summed E-state index contributed by atoms with van der Waals surface area (Å²) in [6.07, 6.45) is 0. The molecule has 1 atom stereocenters. The Morgan fingerprint density at radius 1 is 1.21 bits per heavy atom. The van der Waals surface area contributed by atoms with Crippen LogP contribution < -0.4 is 10.6 Å². The Bertz CT molecular complexity index is 920. The topological polar surface area (TPSA) is 54.0 Å². The second kappa shape index (κ2) is 5.72. The van der Waals surface area contributed by atoms with Crippen LogP contribution in [0.5, 0.6) is 0 Å². The molecule has 2 aromatic carbocycles. The van der Waals surface area contributed by atoms with Crippen molar-refractivity contribution in [3.63, 3.8) is 0 Å². The Hall–Kier alpha value is -2.73. The van der Waals surface area contributed by atoms with Gasteiger partial charge in [-0.2, -0.15) is 0 Å². The maximum absolute atomic E-state index is 12.9. The smallest absolute Gasteiger partial charge is 0.231 e. The third-order valence-electron chi connectivity index (χ3n) is 4.06. The monoisotopic (exact) mass is 339 g/mol. The van der Waals surface area contributed by atoms with Crippen LogP contribution in [-0.2, 0) is 4.79 Å². The fraction of sp³-hybridized carbons (Fsp3) is 0.111. The Morgan fingerprint density at radius 3 is 2.79 bits per heavy atom. The van der Waals surface area contributed by atoms with Gasteiger partial charge >= 0.3 is 0 Å². The van der Waals surface area contributed by atoms with Gasteiger partial charge in [0.2, 0.25) is 5.91 Å². The van der Waals surface area contributed by atoms with E-state index in [2.05, 4.69) is 15.6 Å². The predicted molar refractivity (Wildman–Crippen MR) is 94.3 cm³/mol. The van der Waals surface area contributed by atoms with Crippen molar-refractivity contribution in [1.82, 2.24) is 4.98 Å². The van der Waals surface area contributed by atoms with E-state index >= 15 is 0 Å². The Balaban J connectivity index is 1.59. The summed E-state index contributed by atoms with van der Waals surface area (Å²) in [5.74, 6) is -0.384. The highest BCUT2D eigenvalue weighted by Crippen LogP contribution is 2.36. The van der Waals surface area contributed by atoms with Gasteiger partial charge in [-0.25, -0.2) is 9.37 Å². The van der Waals surface area contributed by atoms with Crippen LogP contribution in [-0.4, -0.2) is 10.9 Å². The minimum absolute atomic E-state index is 0.0269. The van der Waals surface area contributed by atoms with E-state index in [1.54, 1.807) is 12.1 Å². The molecule has 0 unspecified atom stereocenters. The molecule has 0 aliphatic carbocycles. The van der Waals surface area contributed by atoms with Crippen LogP contribution in [0, 0.1) is 5.82 Å². The number of hydrogen-bond donors (Lipinski definition) is 2. The van der Waals surface area contributed by atoms with Gasteiger partial charge in [-0.15, -0.1) is 11.3 Å². The summed E-state index contributed by atoms with van der Waals surface area (Å²) >= 11 is 1.48. The number of thiazole rings is 1. The van der Waals surface area contributed by atoms with Gasteiger partial charge in [-0.1, -0.05) is 6.07 Å². The summed E-state index contributed by atoms with van der Waals surface area (Å²) in [7, 11) is 0. The molecule has 0 saturated heterocycles. The molecular weight excluding hydrogens is 325 g/mol. The van der Waals surface area contributed by atoms with Crippen molar-refractivity contribution in [2.45, 2.75) is 12.8 Å². The Labute approximate surface area is 142 Å². The number of amides is 1. The number of fused-ring (bicyclic) bond motifs is 1. The average Bonchev–Trinajstić information content (AvgIpc) is 3.15. The molecule has 0 fully saturated rings. The number of nitrogens with zero attached hydrogens (tertiary/aromatic N) is 1. The zero-order valence-corrected chi connectivity index (χ0v) is 13.7. The molecule has 1 aliphatic rings. The standard InChI is InChI=1S/C18H14FN3OS/c1-10-14-8-11(2-7-15(14)21-17(10)23)16-9-24-18(22-16)20-13-5-3-12(19)4-6-13/h2-10H,1H3,(H,20,22)(H,21,23)/t10-/m0/s1. The number of anilines is 3. The molecule has 6 heteroatoms. The molecule has 0 radical (unpaired) electrons. The first-order valence-electron chi connectivity index (χ1n) is 7.53. The molecule has 1 amide bonds. The highest BCUT2D eigenvalue weighted by atomic mass is 32.1. The van der Waals surface area contributed by atoms with Gasteiger partial charge in [-0.3, -0.25) is 4.79 Å². The minimum atomic E-state index is -0.268. The number of hydrogen-bond acceptors (Lipinski definition) is 4. The van der Waals surface area contributed by atoms with E-state index in [-0.39, 0.29) is 17.6 Å². The van der Waals surface area contributed by atoms with Crippen molar-refractivity contribution in [1.29, 1.82) is 0 Å². The Kier molecular flexibility index (Phi) is 3.54. The highest BCUT2D eigenvalue weighted by Gasteiger charge is 2.26. The lowest BCUT2D eigenvalue weighted by atomic mass is 10.00. The highest BCUT2D eigenvalue weighted by molar-refractivity contribution is 7.14. The molecule has 0 spiro atoms. The SMILES string of the molecule is C[C@@H]1C(=O)Nc2ccc(-c3csc(Nc4ccc(F)cc4)n3)cc21. The molecule has 0 bridgehead atoms. The van der Waals surface area contributed by atoms with E-state index in [0.717, 1.165) is 33.3 Å². The molecule has 120 valence electrons. The number of benzene rings is 2. The molecule has 3 aromatic rings. The van der Waals surface area contributed by atoms with Crippen LogP contribution in [0.15, 0.2) is 47.8 Å². The van der Waals surface area contributed by atoms with Crippen molar-refractivity contribution in [3.05, 3.63) is 59.2 Å². The van der Waals surface area contributed by atoms with Crippen LogP contribution in [0.25, 0.3) is 11.3 Å². The summed E-state index contributed by atoms with van der Waals surface area (Å²) in [6.45, 7) is 1.90. The Morgan fingerprint density at radius 2 is 2.00 bits per heavy atom. The zero-order chi connectivity index (χ0) is 16.7. The van der Waals surface area contributed by atoms with Crippen molar-refractivity contribution >= 4 is 33.8 Å². The van der Waals surface area contributed by atoms with Gasteiger partial charge in [0, 0.05) is 22.3 Å². The summed E-state index contributed by atoms with van der Waals surface area (Å²) in [5, 5.41) is 8.73. The van der Waals surface area contributed by atoms with Crippen LogP contribution in [0.2, 0.25) is 0 Å². The summed E-state index contributed by atoms with van der Waals surface area (Å²) in [4.78, 5) is 16.3. The summed E-state index contributed by atoms with van der Waals surface area (Å²) in [6, 6.07) is 12.0. The van der Waals surface area contributed by atoms with Gasteiger partial charge in [0.15, 0.2) is 5.13 Å². The number of rotatable bonds is 3. The van der Waals surface area contributed by atoms with E-state index < -0.39 is 0 Å². The minimum Gasteiger partial charge on any atom is -0.332 e. The average molecular weight is 339 g/mol. The normalized spacial score (nSPS) is 15.9. The molecule has 4 nitrogen and oxygen atoms in total. The van der Waals surface area contributed by atoms with Gasteiger partial charge in [-0.05, 0) is 48.9 Å². The second-order valence-corrected chi connectivity index (χ2v) is 6.54. The molecule has 4 rings (SSSR count). The van der Waals surface area contributed by atoms with Crippen LogP contribution in [0.1, 0.15) is 18.4 Å². The van der Waals surface area contributed by atoms with Crippen molar-refractivity contribution in [3.8, 4) is 11.3 Å². The molecular formula is C18H14FN3OS. The van der Waals surface area contributed by atoms with Crippen molar-refractivity contribution in [2.24, 2.45) is 0 Å². The molecule has 2 heterocycles. The molecule has 1 aliphatic heterocycles. The molecule has 24 heavy (non-hydrogen) atoms. The first-order valence-corrected chi connectivity index (χ1v) is 8.41. The first kappa shape index (κ1) is 14.8. The second-order valence-electron chi connectivity index (χ2n) is 5.68. The number of carbonyl (C=O) groups excluding carboxylic acids is 1. The quantitative estimate of drug-likeness (QED) is 0.724. The molecule has 2 N–H and O–H groups in total. The van der Waals surface area contributed by atoms with Crippen LogP contribution >= 0.6 is 11.3 Å². The van der Waals surface area contributed by atoms with E-state index in [4.69, 9.17) is 0 Å². The van der Waals surface area contributed by atoms with Gasteiger partial charge in [0.1, 0.15) is 5.82 Å². The van der Waals surface area contributed by atoms with E-state index in [9.17, 15) is 9.18 Å². The maximum Gasteiger partial charge on any atom is 0.231 e. The van der Waals surface area contributed by atoms with E-state index in [1.807, 2.05) is 30.5 Å². The fourth-order valence-electron chi connectivity index (χ4n) is 2.70. The van der Waals surface area contributed by atoms with Gasteiger partial charge in [0.25, 0.3) is 0 Å². The van der Waals surface area contributed by atoms with E-state index in [1.165, 1.54) is 23.5 Å². The van der Waals surface area contributed by atoms with Gasteiger partial charge in [0.05, 0.1) is 11.6 Å². The van der Waals surface area contributed by atoms with Crippen molar-refractivity contribution < 1.29 is 9.18 Å². The number of aromatic nitrogens is 1. The van der Waals surface area contributed by atoms with Crippen LogP contribution in [0.4, 0.5) is 20.9 Å². The lowest BCUT2D eigenvalue weighted by Crippen LogP contribution is -2.08. The summed E-state index contributed by atoms with van der Waals surface area (Å²) < 4.78 is 12.9. The summed E-state index contributed by atoms with van der Waals surface area (Å²) in [5.41, 5.74) is 4.48. The van der Waals surface area contributed by atoms with Gasteiger partial charge < -0.3 is 10.6 Å². The number of nitrogens with one attached hydrogen (secondary N) is 2. The lowest BCUT2D eigenvalue weighted by Gasteiger charge is -2.04. The molecule has 0 saturated carbocycles. The zero-order valence-electron chi connectivity index (χ0n) is 12.8. The fourth-order valence-corrected chi connectivity index (χ4v) is 3.44. The predicted octanol–water partition coefficient (Wildman–Crippen LogP) is 4.75. The largest absolute Gasteiger partial charge is 0.332 e. The molecule has 1 aromatic heterocycles.